The van der Waals surface area contributed by atoms with Gasteiger partial charge in [0.1, 0.15) is 5.58 Å². The van der Waals surface area contributed by atoms with Crippen molar-refractivity contribution in [3.8, 4) is 0 Å². The number of hydrogen-bond acceptors (Lipinski definition) is 5. The van der Waals surface area contributed by atoms with Crippen LogP contribution in [0.5, 0.6) is 0 Å². The number of fused-ring (bicyclic) bond motifs is 1. The Hall–Kier alpha value is -3.61. The number of rotatable bonds is 4. The quantitative estimate of drug-likeness (QED) is 0.560. The maximum atomic E-state index is 11.9. The first-order chi connectivity index (χ1) is 12.1. The number of amides is 2. The van der Waals surface area contributed by atoms with Gasteiger partial charge in [-0.15, -0.1) is 0 Å². The zero-order valence-electron chi connectivity index (χ0n) is 13.0. The van der Waals surface area contributed by atoms with Crippen LogP contribution in [0, 0.1) is 0 Å². The van der Waals surface area contributed by atoms with E-state index in [1.807, 2.05) is 6.07 Å². The molecule has 3 rings (SSSR count). The standard InChI is InChI=1S/C18H14N2O5/c21-16(19-20-17(22)12-6-2-1-3-7-12)11-24-18(23)15-10-13-8-4-5-9-14(13)25-15/h1-10H,11H2,(H,19,21)(H,20,22). The highest BCUT2D eigenvalue weighted by molar-refractivity contribution is 5.96. The van der Waals surface area contributed by atoms with Gasteiger partial charge in [0.2, 0.25) is 5.76 Å². The van der Waals surface area contributed by atoms with Gasteiger partial charge in [0.25, 0.3) is 11.8 Å². The first-order valence-electron chi connectivity index (χ1n) is 7.43. The molecule has 2 aromatic carbocycles. The van der Waals surface area contributed by atoms with E-state index in [2.05, 4.69) is 10.9 Å². The summed E-state index contributed by atoms with van der Waals surface area (Å²) in [5.41, 5.74) is 5.34. The second-order valence-electron chi connectivity index (χ2n) is 5.09. The monoisotopic (exact) mass is 338 g/mol. The second kappa shape index (κ2) is 7.31. The van der Waals surface area contributed by atoms with Crippen LogP contribution in [-0.2, 0) is 9.53 Å². The molecule has 0 radical (unpaired) electrons. The molecule has 25 heavy (non-hydrogen) atoms. The summed E-state index contributed by atoms with van der Waals surface area (Å²) in [5.74, 6) is -1.91. The van der Waals surface area contributed by atoms with E-state index in [0.29, 0.717) is 11.1 Å². The molecule has 1 heterocycles. The normalized spacial score (nSPS) is 10.2. The molecule has 0 bridgehead atoms. The van der Waals surface area contributed by atoms with Gasteiger partial charge < -0.3 is 9.15 Å². The van der Waals surface area contributed by atoms with Crippen molar-refractivity contribution < 1.29 is 23.5 Å². The summed E-state index contributed by atoms with van der Waals surface area (Å²) >= 11 is 0. The van der Waals surface area contributed by atoms with E-state index in [-0.39, 0.29) is 5.76 Å². The van der Waals surface area contributed by atoms with Gasteiger partial charge in [-0.3, -0.25) is 20.4 Å². The molecule has 7 heteroatoms. The molecule has 2 amide bonds. The van der Waals surface area contributed by atoms with E-state index in [9.17, 15) is 14.4 Å². The Morgan fingerprint density at radius 2 is 1.64 bits per heavy atom. The minimum Gasteiger partial charge on any atom is -0.450 e. The van der Waals surface area contributed by atoms with Gasteiger partial charge in [0.05, 0.1) is 0 Å². The van der Waals surface area contributed by atoms with E-state index >= 15 is 0 Å². The summed E-state index contributed by atoms with van der Waals surface area (Å²) in [4.78, 5) is 35.3. The van der Waals surface area contributed by atoms with Crippen LogP contribution in [0.3, 0.4) is 0 Å². The maximum Gasteiger partial charge on any atom is 0.374 e. The van der Waals surface area contributed by atoms with Crippen LogP contribution in [0.4, 0.5) is 0 Å². The zero-order chi connectivity index (χ0) is 17.6. The molecule has 126 valence electrons. The fraction of sp³-hybridized carbons (Fsp3) is 0.0556. The fourth-order valence-corrected chi connectivity index (χ4v) is 2.11. The van der Waals surface area contributed by atoms with Gasteiger partial charge in [-0.1, -0.05) is 36.4 Å². The minimum absolute atomic E-state index is 0.00215. The van der Waals surface area contributed by atoms with E-state index in [0.717, 1.165) is 5.39 Å². The molecule has 7 nitrogen and oxygen atoms in total. The predicted octanol–water partition coefficient (Wildman–Crippen LogP) is 2.05. The first-order valence-corrected chi connectivity index (χ1v) is 7.43. The van der Waals surface area contributed by atoms with Gasteiger partial charge in [0.15, 0.2) is 6.61 Å². The smallest absolute Gasteiger partial charge is 0.374 e. The Kier molecular flexibility index (Phi) is 4.75. The molecular weight excluding hydrogens is 324 g/mol. The lowest BCUT2D eigenvalue weighted by atomic mass is 10.2. The minimum atomic E-state index is -0.763. The number of carbonyl (C=O) groups excluding carboxylic acids is 3. The van der Waals surface area contributed by atoms with E-state index in [1.54, 1.807) is 48.5 Å². The molecule has 0 spiro atoms. The Labute approximate surface area is 142 Å². The summed E-state index contributed by atoms with van der Waals surface area (Å²) in [5, 5.41) is 0.758. The third kappa shape index (κ3) is 4.03. The van der Waals surface area contributed by atoms with Crippen LogP contribution in [0.2, 0.25) is 0 Å². The average molecular weight is 338 g/mol. The van der Waals surface area contributed by atoms with Gasteiger partial charge in [0, 0.05) is 10.9 Å². The SMILES string of the molecule is O=C(COC(=O)c1cc2ccccc2o1)NNC(=O)c1ccccc1. The van der Waals surface area contributed by atoms with Crippen LogP contribution >= 0.6 is 0 Å². The Morgan fingerprint density at radius 3 is 2.40 bits per heavy atom. The molecule has 0 fully saturated rings. The maximum absolute atomic E-state index is 11.9. The van der Waals surface area contributed by atoms with Crippen molar-refractivity contribution in [1.29, 1.82) is 0 Å². The fourth-order valence-electron chi connectivity index (χ4n) is 2.11. The number of hydrogen-bond donors (Lipinski definition) is 2. The molecule has 0 saturated heterocycles. The highest BCUT2D eigenvalue weighted by atomic mass is 16.5. The highest BCUT2D eigenvalue weighted by Gasteiger charge is 2.15. The second-order valence-corrected chi connectivity index (χ2v) is 5.09. The topological polar surface area (TPSA) is 97.6 Å². The molecule has 3 aromatic rings. The Bertz CT molecular complexity index is 884. The van der Waals surface area contributed by atoms with E-state index in [1.165, 1.54) is 6.07 Å². The van der Waals surface area contributed by atoms with Gasteiger partial charge in [-0.2, -0.15) is 0 Å². The van der Waals surface area contributed by atoms with E-state index in [4.69, 9.17) is 9.15 Å². The van der Waals surface area contributed by atoms with Gasteiger partial charge in [-0.25, -0.2) is 4.79 Å². The molecule has 0 atom stereocenters. The molecule has 0 aliphatic rings. The highest BCUT2D eigenvalue weighted by Crippen LogP contribution is 2.19. The number of benzene rings is 2. The number of ether oxygens (including phenoxy) is 1. The number of esters is 1. The van der Waals surface area contributed by atoms with Crippen LogP contribution in [0.1, 0.15) is 20.9 Å². The largest absolute Gasteiger partial charge is 0.450 e. The lowest BCUT2D eigenvalue weighted by Gasteiger charge is -2.07. The summed E-state index contributed by atoms with van der Waals surface area (Å²) in [6.45, 7) is -0.551. The predicted molar refractivity (Wildman–Crippen MR) is 88.5 cm³/mol. The molecule has 0 aliphatic heterocycles. The molecular formula is C18H14N2O5. The number of hydrazine groups is 1. The van der Waals surface area contributed by atoms with Crippen LogP contribution in [0.25, 0.3) is 11.0 Å². The lowest BCUT2D eigenvalue weighted by Crippen LogP contribution is -2.43. The van der Waals surface area contributed by atoms with Crippen molar-refractivity contribution >= 4 is 28.8 Å². The number of para-hydroxylation sites is 1. The zero-order valence-corrected chi connectivity index (χ0v) is 13.0. The summed E-state index contributed by atoms with van der Waals surface area (Å²) < 4.78 is 10.2. The van der Waals surface area contributed by atoms with Gasteiger partial charge in [-0.05, 0) is 24.3 Å². The molecule has 0 aliphatic carbocycles. The Balaban J connectivity index is 1.48. The average Bonchev–Trinajstić information content (AvgIpc) is 3.09. The number of nitrogens with one attached hydrogen (secondary N) is 2. The first kappa shape index (κ1) is 16.3. The lowest BCUT2D eigenvalue weighted by molar-refractivity contribution is -0.125. The number of furan rings is 1. The molecule has 2 N–H and O–H groups in total. The van der Waals surface area contributed by atoms with Crippen LogP contribution in [-0.4, -0.2) is 24.4 Å². The third-order valence-corrected chi connectivity index (χ3v) is 3.31. The van der Waals surface area contributed by atoms with Crippen molar-refractivity contribution in [3.05, 3.63) is 72.0 Å². The molecule has 1 aromatic heterocycles. The van der Waals surface area contributed by atoms with Crippen LogP contribution < -0.4 is 10.9 Å². The van der Waals surface area contributed by atoms with Crippen molar-refractivity contribution in [2.45, 2.75) is 0 Å². The van der Waals surface area contributed by atoms with Crippen molar-refractivity contribution in [1.82, 2.24) is 10.9 Å². The van der Waals surface area contributed by atoms with Crippen molar-refractivity contribution in [2.24, 2.45) is 0 Å². The summed E-state index contributed by atoms with van der Waals surface area (Å²) in [6.07, 6.45) is 0. The van der Waals surface area contributed by atoms with Crippen LogP contribution in [0.15, 0.2) is 65.1 Å². The third-order valence-electron chi connectivity index (χ3n) is 3.31. The number of carbonyl (C=O) groups is 3. The Morgan fingerprint density at radius 1 is 0.920 bits per heavy atom. The summed E-state index contributed by atoms with van der Waals surface area (Å²) in [7, 11) is 0. The van der Waals surface area contributed by atoms with Crippen molar-refractivity contribution in [2.75, 3.05) is 6.61 Å². The van der Waals surface area contributed by atoms with Gasteiger partial charge >= 0.3 is 5.97 Å². The van der Waals surface area contributed by atoms with Crippen molar-refractivity contribution in [3.63, 3.8) is 0 Å². The van der Waals surface area contributed by atoms with E-state index < -0.39 is 24.4 Å². The molecule has 0 saturated carbocycles. The molecule has 0 unspecified atom stereocenters. The summed E-state index contributed by atoms with van der Waals surface area (Å²) in [6, 6.07) is 17.0.